The molecule has 1 aromatic rings. The third kappa shape index (κ3) is 1.17. The molecule has 3 nitrogen and oxygen atoms in total. The van der Waals surface area contributed by atoms with Crippen LogP contribution < -0.4 is 5.32 Å². The van der Waals surface area contributed by atoms with E-state index in [0.29, 0.717) is 0 Å². The van der Waals surface area contributed by atoms with E-state index >= 15 is 0 Å². The molecule has 0 aliphatic carbocycles. The summed E-state index contributed by atoms with van der Waals surface area (Å²) < 4.78 is 0. The Balaban J connectivity index is 2.26. The van der Waals surface area contributed by atoms with Gasteiger partial charge in [-0.15, -0.1) is 11.3 Å². The lowest BCUT2D eigenvalue weighted by atomic mass is 9.72. The number of nitrogens with one attached hydrogen (secondary N) is 1. The van der Waals surface area contributed by atoms with E-state index in [1.54, 1.807) is 11.3 Å². The molecule has 2 atom stereocenters. The predicted octanol–water partition coefficient (Wildman–Crippen LogP) is 2.04. The molecule has 1 aliphatic heterocycles. The lowest BCUT2D eigenvalue weighted by Crippen LogP contribution is -2.59. The van der Waals surface area contributed by atoms with Gasteiger partial charge in [-0.3, -0.25) is 4.79 Å². The fraction of sp³-hybridized carbons (Fsp3) is 0.600. The highest BCUT2D eigenvalue weighted by atomic mass is 32.1. The standard InChI is InChI=1S/C10H14N2OS/c1-4-10(3)8(12-9(10)13)7-5-11-6(2)14-7/h5,8H,4H2,1-3H3,(H,12,13). The average Bonchev–Trinajstić information content (AvgIpc) is 2.59. The van der Waals surface area contributed by atoms with Gasteiger partial charge >= 0.3 is 0 Å². The summed E-state index contributed by atoms with van der Waals surface area (Å²) >= 11 is 1.67. The van der Waals surface area contributed by atoms with Crippen LogP contribution in [0.5, 0.6) is 0 Å². The summed E-state index contributed by atoms with van der Waals surface area (Å²) in [5.41, 5.74) is -0.223. The van der Waals surface area contributed by atoms with Gasteiger partial charge in [0.05, 0.1) is 16.5 Å². The number of thiazole rings is 1. The van der Waals surface area contributed by atoms with Crippen LogP contribution in [0, 0.1) is 12.3 Å². The molecule has 0 saturated carbocycles. The fourth-order valence-electron chi connectivity index (χ4n) is 1.77. The smallest absolute Gasteiger partial charge is 0.228 e. The van der Waals surface area contributed by atoms with Gasteiger partial charge in [0.15, 0.2) is 0 Å². The normalized spacial score (nSPS) is 31.1. The van der Waals surface area contributed by atoms with Crippen molar-refractivity contribution in [3.8, 4) is 0 Å². The molecule has 2 heterocycles. The molecule has 1 amide bonds. The van der Waals surface area contributed by atoms with Gasteiger partial charge in [0.25, 0.3) is 0 Å². The number of hydrogen-bond donors (Lipinski definition) is 1. The summed E-state index contributed by atoms with van der Waals surface area (Å²) in [6, 6.07) is 0.172. The van der Waals surface area contributed by atoms with E-state index in [1.165, 1.54) is 4.88 Å². The second-order valence-corrected chi connectivity index (χ2v) is 5.23. The zero-order valence-corrected chi connectivity index (χ0v) is 9.44. The maximum Gasteiger partial charge on any atom is 0.228 e. The quantitative estimate of drug-likeness (QED) is 0.759. The molecule has 4 heteroatoms. The molecule has 1 aliphatic rings. The molecule has 0 aromatic carbocycles. The summed E-state index contributed by atoms with van der Waals surface area (Å²) in [5, 5.41) is 4.00. The largest absolute Gasteiger partial charge is 0.347 e. The Labute approximate surface area is 87.6 Å². The van der Waals surface area contributed by atoms with Crippen molar-refractivity contribution in [1.82, 2.24) is 10.3 Å². The van der Waals surface area contributed by atoms with E-state index in [0.717, 1.165) is 11.4 Å². The van der Waals surface area contributed by atoms with Crippen LogP contribution in [-0.2, 0) is 4.79 Å². The van der Waals surface area contributed by atoms with Gasteiger partial charge in [-0.1, -0.05) is 6.92 Å². The van der Waals surface area contributed by atoms with Crippen molar-refractivity contribution in [2.45, 2.75) is 33.2 Å². The Hall–Kier alpha value is -0.900. The summed E-state index contributed by atoms with van der Waals surface area (Å²) in [6.45, 7) is 6.06. The Morgan fingerprint density at radius 3 is 2.86 bits per heavy atom. The van der Waals surface area contributed by atoms with Crippen LogP contribution in [0.2, 0.25) is 0 Å². The average molecular weight is 210 g/mol. The topological polar surface area (TPSA) is 42.0 Å². The van der Waals surface area contributed by atoms with E-state index in [4.69, 9.17) is 0 Å². The van der Waals surface area contributed by atoms with Crippen molar-refractivity contribution < 1.29 is 4.79 Å². The Kier molecular flexibility index (Phi) is 2.10. The van der Waals surface area contributed by atoms with Crippen LogP contribution in [0.1, 0.15) is 36.2 Å². The zero-order valence-electron chi connectivity index (χ0n) is 8.63. The van der Waals surface area contributed by atoms with Crippen molar-refractivity contribution in [2.24, 2.45) is 5.41 Å². The molecular weight excluding hydrogens is 196 g/mol. The van der Waals surface area contributed by atoms with Gasteiger partial charge in [0.1, 0.15) is 0 Å². The van der Waals surface area contributed by atoms with Crippen LogP contribution in [0.25, 0.3) is 0 Å². The number of amides is 1. The van der Waals surface area contributed by atoms with Crippen molar-refractivity contribution in [2.75, 3.05) is 0 Å². The van der Waals surface area contributed by atoms with Gasteiger partial charge in [-0.2, -0.15) is 0 Å². The second kappa shape index (κ2) is 3.05. The first-order chi connectivity index (χ1) is 6.58. The summed E-state index contributed by atoms with van der Waals surface area (Å²) in [7, 11) is 0. The number of aromatic nitrogens is 1. The molecule has 1 fully saturated rings. The first kappa shape index (κ1) is 9.65. The summed E-state index contributed by atoms with van der Waals surface area (Å²) in [5.74, 6) is 0.163. The first-order valence-corrected chi connectivity index (χ1v) is 5.63. The number of nitrogens with zero attached hydrogens (tertiary/aromatic N) is 1. The minimum atomic E-state index is -0.223. The third-order valence-corrected chi connectivity index (χ3v) is 4.07. The lowest BCUT2D eigenvalue weighted by molar-refractivity contribution is -0.144. The molecule has 0 radical (unpaired) electrons. The lowest BCUT2D eigenvalue weighted by Gasteiger charge is -2.45. The minimum absolute atomic E-state index is 0.163. The molecule has 2 unspecified atom stereocenters. The number of β-lactam (4-membered cyclic amide) rings is 1. The summed E-state index contributed by atoms with van der Waals surface area (Å²) in [4.78, 5) is 16.8. The van der Waals surface area contributed by atoms with Gasteiger partial charge in [0, 0.05) is 11.1 Å². The molecular formula is C10H14N2OS. The zero-order chi connectivity index (χ0) is 10.3. The van der Waals surface area contributed by atoms with Crippen LogP contribution in [0.15, 0.2) is 6.20 Å². The fourth-order valence-corrected chi connectivity index (χ4v) is 2.76. The van der Waals surface area contributed by atoms with Gasteiger partial charge in [-0.25, -0.2) is 4.98 Å². The van der Waals surface area contributed by atoms with Crippen LogP contribution in [0.3, 0.4) is 0 Å². The van der Waals surface area contributed by atoms with E-state index in [9.17, 15) is 4.79 Å². The Morgan fingerprint density at radius 1 is 1.71 bits per heavy atom. The van der Waals surface area contributed by atoms with E-state index in [2.05, 4.69) is 17.2 Å². The highest BCUT2D eigenvalue weighted by Gasteiger charge is 2.51. The predicted molar refractivity (Wildman–Crippen MR) is 56.1 cm³/mol. The van der Waals surface area contributed by atoms with Crippen molar-refractivity contribution in [3.05, 3.63) is 16.1 Å². The molecule has 0 bridgehead atoms. The Morgan fingerprint density at radius 2 is 2.43 bits per heavy atom. The first-order valence-electron chi connectivity index (χ1n) is 4.81. The molecule has 1 N–H and O–H groups in total. The molecule has 76 valence electrons. The monoisotopic (exact) mass is 210 g/mol. The summed E-state index contributed by atoms with van der Waals surface area (Å²) in [6.07, 6.45) is 2.75. The molecule has 14 heavy (non-hydrogen) atoms. The van der Waals surface area contributed by atoms with Crippen molar-refractivity contribution >= 4 is 17.2 Å². The SMILES string of the molecule is CCC1(C)C(=O)NC1c1cnc(C)s1. The highest BCUT2D eigenvalue weighted by molar-refractivity contribution is 7.11. The van der Waals surface area contributed by atoms with Gasteiger partial charge in [-0.05, 0) is 20.3 Å². The van der Waals surface area contributed by atoms with Crippen LogP contribution >= 0.6 is 11.3 Å². The number of hydrogen-bond acceptors (Lipinski definition) is 3. The van der Waals surface area contributed by atoms with Crippen molar-refractivity contribution in [1.29, 1.82) is 0 Å². The molecule has 2 rings (SSSR count). The maximum absolute atomic E-state index is 11.4. The number of carbonyl (C=O) groups excluding carboxylic acids is 1. The van der Waals surface area contributed by atoms with Gasteiger partial charge in [0.2, 0.25) is 5.91 Å². The maximum atomic E-state index is 11.4. The van der Waals surface area contributed by atoms with Crippen LogP contribution in [-0.4, -0.2) is 10.9 Å². The molecule has 1 saturated heterocycles. The Bertz CT molecular complexity index is 374. The number of aryl methyl sites for hydroxylation is 1. The van der Waals surface area contributed by atoms with E-state index < -0.39 is 0 Å². The highest BCUT2D eigenvalue weighted by Crippen LogP contribution is 2.45. The minimum Gasteiger partial charge on any atom is -0.347 e. The second-order valence-electron chi connectivity index (χ2n) is 3.96. The van der Waals surface area contributed by atoms with Gasteiger partial charge < -0.3 is 5.32 Å². The van der Waals surface area contributed by atoms with Crippen LogP contribution in [0.4, 0.5) is 0 Å². The number of carbonyl (C=O) groups is 1. The van der Waals surface area contributed by atoms with Crippen molar-refractivity contribution in [3.63, 3.8) is 0 Å². The molecule has 0 spiro atoms. The number of rotatable bonds is 2. The third-order valence-electron chi connectivity index (χ3n) is 3.09. The van der Waals surface area contributed by atoms with E-state index in [1.807, 2.05) is 20.0 Å². The van der Waals surface area contributed by atoms with E-state index in [-0.39, 0.29) is 17.4 Å². The molecule has 1 aromatic heterocycles.